The van der Waals surface area contributed by atoms with Crippen molar-refractivity contribution >= 4 is 31.9 Å². The highest BCUT2D eigenvalue weighted by Gasteiger charge is 2.72. The molecule has 8 rings (SSSR count). The lowest BCUT2D eigenvalue weighted by Crippen LogP contribution is -2.68. The van der Waals surface area contributed by atoms with Crippen LogP contribution in [0.1, 0.15) is 70.6 Å². The molecular formula is C20H28Br2. The third kappa shape index (κ3) is 1.53. The van der Waals surface area contributed by atoms with Crippen LogP contribution >= 0.6 is 31.9 Å². The Labute approximate surface area is 151 Å². The topological polar surface area (TPSA) is 0 Å². The van der Waals surface area contributed by atoms with Crippen molar-refractivity contribution in [3.8, 4) is 0 Å². The summed E-state index contributed by atoms with van der Waals surface area (Å²) in [7, 11) is 0. The molecule has 8 aliphatic carbocycles. The molecule has 0 saturated heterocycles. The molecule has 8 fully saturated rings. The molecule has 8 aliphatic rings. The quantitative estimate of drug-likeness (QED) is 0.418. The SMILES string of the molecule is BrC1(Br)C2CC3CC(C2)CC1(C12CC4CC(CC(C4)C1)C2)C3. The Morgan fingerprint density at radius 1 is 0.545 bits per heavy atom. The molecule has 22 heavy (non-hydrogen) atoms. The molecule has 0 radical (unpaired) electrons. The van der Waals surface area contributed by atoms with Crippen molar-refractivity contribution in [2.75, 3.05) is 0 Å². The van der Waals surface area contributed by atoms with Crippen molar-refractivity contribution in [3.05, 3.63) is 0 Å². The summed E-state index contributed by atoms with van der Waals surface area (Å²) in [6.45, 7) is 0. The maximum absolute atomic E-state index is 4.35. The first-order chi connectivity index (χ1) is 10.5. The Balaban J connectivity index is 1.50. The van der Waals surface area contributed by atoms with Gasteiger partial charge in [0.25, 0.3) is 0 Å². The van der Waals surface area contributed by atoms with Gasteiger partial charge in [0.05, 0.1) is 3.23 Å². The molecule has 0 aromatic carbocycles. The molecule has 8 saturated carbocycles. The third-order valence-electron chi connectivity index (χ3n) is 9.38. The fraction of sp³-hybridized carbons (Fsp3) is 1.00. The Morgan fingerprint density at radius 3 is 1.41 bits per heavy atom. The summed E-state index contributed by atoms with van der Waals surface area (Å²) in [6, 6.07) is 0. The van der Waals surface area contributed by atoms with E-state index in [1.165, 1.54) is 12.8 Å². The van der Waals surface area contributed by atoms with E-state index in [0.29, 0.717) is 10.8 Å². The van der Waals surface area contributed by atoms with E-state index in [2.05, 4.69) is 31.9 Å². The van der Waals surface area contributed by atoms with Crippen molar-refractivity contribution < 1.29 is 0 Å². The van der Waals surface area contributed by atoms with Crippen LogP contribution in [-0.4, -0.2) is 3.23 Å². The van der Waals surface area contributed by atoms with Crippen LogP contribution in [0.15, 0.2) is 0 Å². The van der Waals surface area contributed by atoms with Crippen LogP contribution in [0.5, 0.6) is 0 Å². The molecule has 0 N–H and O–H groups in total. The average Bonchev–Trinajstić information content (AvgIpc) is 2.42. The van der Waals surface area contributed by atoms with Gasteiger partial charge in [-0.25, -0.2) is 0 Å². The molecule has 122 valence electrons. The Kier molecular flexibility index (Phi) is 2.70. The second-order valence-corrected chi connectivity index (χ2v) is 14.0. The van der Waals surface area contributed by atoms with Gasteiger partial charge < -0.3 is 0 Å². The van der Waals surface area contributed by atoms with Crippen LogP contribution in [-0.2, 0) is 0 Å². The summed E-state index contributed by atoms with van der Waals surface area (Å²) >= 11 is 8.70. The van der Waals surface area contributed by atoms with Gasteiger partial charge in [0.15, 0.2) is 0 Å². The number of rotatable bonds is 1. The second-order valence-electron chi connectivity index (χ2n) is 10.4. The Morgan fingerprint density at radius 2 is 0.955 bits per heavy atom. The summed E-state index contributed by atoms with van der Waals surface area (Å²) in [5, 5.41) is 0. The van der Waals surface area contributed by atoms with E-state index in [-0.39, 0.29) is 3.23 Å². The van der Waals surface area contributed by atoms with Gasteiger partial charge in [0.2, 0.25) is 0 Å². The highest BCUT2D eigenvalue weighted by molar-refractivity contribution is 9.25. The van der Waals surface area contributed by atoms with E-state index in [1.54, 1.807) is 57.8 Å². The van der Waals surface area contributed by atoms with Crippen LogP contribution in [0.4, 0.5) is 0 Å². The van der Waals surface area contributed by atoms with Crippen molar-refractivity contribution in [1.29, 1.82) is 0 Å². The lowest BCUT2D eigenvalue weighted by atomic mass is 9.35. The molecule has 0 aromatic heterocycles. The standard InChI is InChI=1S/C20H28Br2/c21-20(22)17-5-15-4-16(6-17)11-19(20,10-15)18-7-12-1-13(8-18)3-14(2-12)9-18/h12-17H,1-11H2. The van der Waals surface area contributed by atoms with Crippen LogP contribution in [0.25, 0.3) is 0 Å². The maximum atomic E-state index is 4.35. The summed E-state index contributed by atoms with van der Waals surface area (Å²) in [5.41, 5.74) is 1.29. The first-order valence-electron chi connectivity index (χ1n) is 9.87. The fourth-order valence-corrected chi connectivity index (χ4v) is 11.6. The zero-order valence-electron chi connectivity index (χ0n) is 13.5. The van der Waals surface area contributed by atoms with Crippen LogP contribution < -0.4 is 0 Å². The third-order valence-corrected chi connectivity index (χ3v) is 12.2. The first-order valence-corrected chi connectivity index (χ1v) is 11.5. The zero-order chi connectivity index (χ0) is 14.7. The van der Waals surface area contributed by atoms with E-state index in [4.69, 9.17) is 0 Å². The van der Waals surface area contributed by atoms with Crippen molar-refractivity contribution in [3.63, 3.8) is 0 Å². The largest absolute Gasteiger partial charge is 0.0895 e. The molecule has 2 unspecified atom stereocenters. The molecule has 0 nitrogen and oxygen atoms in total. The Bertz CT molecular complexity index is 473. The van der Waals surface area contributed by atoms with E-state index < -0.39 is 0 Å². The minimum Gasteiger partial charge on any atom is -0.0718 e. The van der Waals surface area contributed by atoms with Crippen molar-refractivity contribution in [2.24, 2.45) is 46.3 Å². The lowest BCUT2D eigenvalue weighted by Gasteiger charge is -2.74. The van der Waals surface area contributed by atoms with Gasteiger partial charge >= 0.3 is 0 Å². The van der Waals surface area contributed by atoms with Gasteiger partial charge in [-0.05, 0) is 112 Å². The predicted molar refractivity (Wildman–Crippen MR) is 97.2 cm³/mol. The Hall–Kier alpha value is 0.960. The molecule has 0 aromatic rings. The van der Waals surface area contributed by atoms with Gasteiger partial charge in [0, 0.05) is 5.41 Å². The summed E-state index contributed by atoms with van der Waals surface area (Å²) in [6.07, 6.45) is 17.2. The van der Waals surface area contributed by atoms with E-state index in [0.717, 1.165) is 35.5 Å². The molecule has 2 heteroatoms. The van der Waals surface area contributed by atoms with Crippen LogP contribution in [0.3, 0.4) is 0 Å². The molecular weight excluding hydrogens is 400 g/mol. The predicted octanol–water partition coefficient (Wildman–Crippen LogP) is 6.52. The fourth-order valence-electron chi connectivity index (χ4n) is 9.41. The van der Waals surface area contributed by atoms with Gasteiger partial charge in [0.1, 0.15) is 0 Å². The molecule has 0 amide bonds. The average molecular weight is 428 g/mol. The number of hydrogen-bond acceptors (Lipinski definition) is 0. The smallest absolute Gasteiger partial charge is 0.0718 e. The highest BCUT2D eigenvalue weighted by Crippen LogP contribution is 2.80. The highest BCUT2D eigenvalue weighted by atomic mass is 79.9. The van der Waals surface area contributed by atoms with Gasteiger partial charge in [-0.1, -0.05) is 31.9 Å². The molecule has 0 heterocycles. The number of hydrogen-bond donors (Lipinski definition) is 0. The normalized spacial score (nSPS) is 63.5. The summed E-state index contributed by atoms with van der Waals surface area (Å²) < 4.78 is 0.270. The summed E-state index contributed by atoms with van der Waals surface area (Å²) in [5.74, 6) is 6.31. The van der Waals surface area contributed by atoms with E-state index in [1.807, 2.05) is 0 Å². The van der Waals surface area contributed by atoms with E-state index in [9.17, 15) is 0 Å². The first kappa shape index (κ1) is 14.2. The van der Waals surface area contributed by atoms with Crippen LogP contribution in [0, 0.1) is 46.3 Å². The number of halogens is 2. The molecule has 2 atom stereocenters. The molecule has 8 bridgehead atoms. The van der Waals surface area contributed by atoms with Crippen LogP contribution in [0.2, 0.25) is 0 Å². The minimum atomic E-state index is 0.270. The monoisotopic (exact) mass is 426 g/mol. The number of alkyl halides is 2. The molecule has 0 aliphatic heterocycles. The van der Waals surface area contributed by atoms with Gasteiger partial charge in [-0.2, -0.15) is 0 Å². The lowest BCUT2D eigenvalue weighted by molar-refractivity contribution is -0.198. The summed E-state index contributed by atoms with van der Waals surface area (Å²) in [4.78, 5) is 0. The minimum absolute atomic E-state index is 0.270. The van der Waals surface area contributed by atoms with E-state index >= 15 is 0 Å². The zero-order valence-corrected chi connectivity index (χ0v) is 16.7. The van der Waals surface area contributed by atoms with Gasteiger partial charge in [-0.15, -0.1) is 0 Å². The second kappa shape index (κ2) is 4.19. The molecule has 0 spiro atoms. The maximum Gasteiger partial charge on any atom is 0.0895 e. The van der Waals surface area contributed by atoms with Crippen molar-refractivity contribution in [2.45, 2.75) is 73.9 Å². The van der Waals surface area contributed by atoms with Gasteiger partial charge in [-0.3, -0.25) is 0 Å². The van der Waals surface area contributed by atoms with Crippen molar-refractivity contribution in [1.82, 2.24) is 0 Å².